The van der Waals surface area contributed by atoms with Crippen LogP contribution in [-0.4, -0.2) is 47.0 Å². The number of likely N-dealkylation sites (tertiary alicyclic amines) is 1. The molecule has 0 bridgehead atoms. The number of aromatic nitrogens is 2. The van der Waals surface area contributed by atoms with Gasteiger partial charge in [0, 0.05) is 26.1 Å². The lowest BCUT2D eigenvalue weighted by molar-refractivity contribution is -0.132. The molecule has 1 N–H and O–H groups in total. The second-order valence-electron chi connectivity index (χ2n) is 6.85. The highest BCUT2D eigenvalue weighted by atomic mass is 35.5. The molecule has 1 aromatic heterocycles. The zero-order valence-electron chi connectivity index (χ0n) is 15.4. The summed E-state index contributed by atoms with van der Waals surface area (Å²) in [7, 11) is 1.97. The van der Waals surface area contributed by atoms with E-state index in [-0.39, 0.29) is 23.9 Å². The maximum atomic E-state index is 12.6. The monoisotopic (exact) mass is 378 g/mol. The van der Waals surface area contributed by atoms with Crippen molar-refractivity contribution < 1.29 is 4.79 Å². The van der Waals surface area contributed by atoms with E-state index in [1.165, 1.54) is 0 Å². The number of hydrogen-bond acceptors (Lipinski definition) is 4. The van der Waals surface area contributed by atoms with Crippen molar-refractivity contribution in [2.24, 2.45) is 5.92 Å². The minimum absolute atomic E-state index is 0. The van der Waals surface area contributed by atoms with Gasteiger partial charge in [-0.05, 0) is 50.9 Å². The van der Waals surface area contributed by atoms with Crippen LogP contribution in [-0.2, 0) is 11.3 Å². The molecular weight excluding hydrogens is 352 g/mol. The summed E-state index contributed by atoms with van der Waals surface area (Å²) in [4.78, 5) is 31.3. The Morgan fingerprint density at radius 1 is 1.31 bits per heavy atom. The highest BCUT2D eigenvalue weighted by Crippen LogP contribution is 2.17. The second-order valence-corrected chi connectivity index (χ2v) is 6.85. The van der Waals surface area contributed by atoms with Crippen molar-refractivity contribution in [2.75, 3.05) is 26.7 Å². The smallest absolute Gasteiger partial charge is 0.261 e. The lowest BCUT2D eigenvalue weighted by atomic mass is 9.96. The fraction of sp³-hybridized carbons (Fsp3) is 0.526. The first kappa shape index (κ1) is 20.4. The van der Waals surface area contributed by atoms with E-state index in [2.05, 4.69) is 10.3 Å². The normalized spacial score (nSPS) is 15.1. The topological polar surface area (TPSA) is 67.2 Å². The number of fused-ring (bicyclic) bond motifs is 1. The Balaban J connectivity index is 0.00000243. The molecule has 0 spiro atoms. The van der Waals surface area contributed by atoms with Gasteiger partial charge in [0.2, 0.25) is 5.91 Å². The Kier molecular flexibility index (Phi) is 7.17. The number of amides is 1. The summed E-state index contributed by atoms with van der Waals surface area (Å²) in [5.74, 6) is 0.781. The molecule has 0 atom stereocenters. The number of nitrogens with zero attached hydrogens (tertiary/aromatic N) is 3. The Labute approximate surface area is 160 Å². The van der Waals surface area contributed by atoms with Crippen molar-refractivity contribution in [3.8, 4) is 0 Å². The van der Waals surface area contributed by atoms with Crippen molar-refractivity contribution in [1.82, 2.24) is 19.8 Å². The quantitative estimate of drug-likeness (QED) is 0.863. The van der Waals surface area contributed by atoms with E-state index in [4.69, 9.17) is 0 Å². The predicted molar refractivity (Wildman–Crippen MR) is 106 cm³/mol. The minimum Gasteiger partial charge on any atom is -0.343 e. The largest absolute Gasteiger partial charge is 0.343 e. The number of carbonyl (C=O) groups is 1. The molecular formula is C19H27ClN4O2. The number of aryl methyl sites for hydroxylation is 2. The van der Waals surface area contributed by atoms with E-state index < -0.39 is 0 Å². The summed E-state index contributed by atoms with van der Waals surface area (Å²) in [6.07, 6.45) is 3.99. The highest BCUT2D eigenvalue weighted by Gasteiger charge is 2.22. The molecule has 2 aromatic rings. The minimum atomic E-state index is -0.0748. The van der Waals surface area contributed by atoms with Crippen LogP contribution in [0, 0.1) is 12.8 Å². The van der Waals surface area contributed by atoms with Crippen LogP contribution >= 0.6 is 12.4 Å². The summed E-state index contributed by atoms with van der Waals surface area (Å²) in [6.45, 7) is 4.97. The molecule has 0 aliphatic carbocycles. The van der Waals surface area contributed by atoms with Gasteiger partial charge in [0.25, 0.3) is 5.56 Å². The summed E-state index contributed by atoms with van der Waals surface area (Å²) in [6, 6.07) is 5.61. The number of para-hydroxylation sites is 1. The van der Waals surface area contributed by atoms with Gasteiger partial charge >= 0.3 is 0 Å². The van der Waals surface area contributed by atoms with Gasteiger partial charge in [0.15, 0.2) is 0 Å². The molecule has 3 rings (SSSR count). The summed E-state index contributed by atoms with van der Waals surface area (Å²) < 4.78 is 1.55. The first-order valence-electron chi connectivity index (χ1n) is 8.97. The number of carbonyl (C=O) groups excluding carboxylic acids is 1. The van der Waals surface area contributed by atoms with E-state index in [9.17, 15) is 9.59 Å². The first-order chi connectivity index (χ1) is 12.1. The molecule has 7 heteroatoms. The van der Waals surface area contributed by atoms with Gasteiger partial charge in [-0.1, -0.05) is 12.1 Å². The van der Waals surface area contributed by atoms with Crippen LogP contribution < -0.4 is 10.9 Å². The van der Waals surface area contributed by atoms with Crippen LogP contribution in [0.1, 0.15) is 24.8 Å². The number of hydrogen-bond donors (Lipinski definition) is 1. The Morgan fingerprint density at radius 2 is 2.04 bits per heavy atom. The molecule has 0 saturated carbocycles. The molecule has 1 aliphatic rings. The van der Waals surface area contributed by atoms with Crippen LogP contribution in [0.25, 0.3) is 10.9 Å². The van der Waals surface area contributed by atoms with Gasteiger partial charge < -0.3 is 10.2 Å². The summed E-state index contributed by atoms with van der Waals surface area (Å²) in [5.41, 5.74) is 1.65. The number of nitrogens with one attached hydrogen (secondary N) is 1. The Bertz CT molecular complexity index is 813. The van der Waals surface area contributed by atoms with E-state index in [0.29, 0.717) is 24.3 Å². The van der Waals surface area contributed by atoms with Crippen molar-refractivity contribution in [3.05, 3.63) is 40.4 Å². The Morgan fingerprint density at radius 3 is 2.73 bits per heavy atom. The first-order valence-corrected chi connectivity index (χ1v) is 8.97. The molecule has 0 radical (unpaired) electrons. The van der Waals surface area contributed by atoms with Crippen molar-refractivity contribution in [2.45, 2.75) is 32.7 Å². The Hall–Kier alpha value is -1.92. The third-order valence-electron chi connectivity index (χ3n) is 5.08. The van der Waals surface area contributed by atoms with Crippen molar-refractivity contribution in [1.29, 1.82) is 0 Å². The van der Waals surface area contributed by atoms with E-state index >= 15 is 0 Å². The fourth-order valence-corrected chi connectivity index (χ4v) is 3.55. The number of rotatable bonds is 5. The SMILES string of the molecule is CNCC1CCN(C(=O)CCn2cnc3c(C)cccc3c2=O)CC1.Cl. The van der Waals surface area contributed by atoms with Crippen LogP contribution in [0.15, 0.2) is 29.3 Å². The molecule has 0 unspecified atom stereocenters. The molecule has 1 saturated heterocycles. The van der Waals surface area contributed by atoms with Crippen LogP contribution in [0.2, 0.25) is 0 Å². The van der Waals surface area contributed by atoms with Gasteiger partial charge in [-0.25, -0.2) is 4.98 Å². The average Bonchev–Trinajstić information content (AvgIpc) is 2.62. The van der Waals surface area contributed by atoms with Gasteiger partial charge in [-0.15, -0.1) is 12.4 Å². The third-order valence-corrected chi connectivity index (χ3v) is 5.08. The van der Waals surface area contributed by atoms with Crippen LogP contribution in [0.3, 0.4) is 0 Å². The van der Waals surface area contributed by atoms with Crippen LogP contribution in [0.5, 0.6) is 0 Å². The molecule has 1 fully saturated rings. The maximum absolute atomic E-state index is 12.6. The number of halogens is 1. The van der Waals surface area contributed by atoms with Crippen LogP contribution in [0.4, 0.5) is 0 Å². The summed E-state index contributed by atoms with van der Waals surface area (Å²) in [5, 5.41) is 3.82. The fourth-order valence-electron chi connectivity index (χ4n) is 3.55. The zero-order valence-corrected chi connectivity index (χ0v) is 16.2. The molecule has 2 heterocycles. The standard InChI is InChI=1S/C19H26N4O2.ClH/c1-14-4-3-5-16-18(14)21-13-23(19(16)25)11-8-17(24)22-9-6-15(7-10-22)12-20-2;/h3-5,13,15,20H,6-12H2,1-2H3;1H. The molecule has 1 amide bonds. The zero-order chi connectivity index (χ0) is 17.8. The summed E-state index contributed by atoms with van der Waals surface area (Å²) >= 11 is 0. The second kappa shape index (κ2) is 9.14. The lowest BCUT2D eigenvalue weighted by Crippen LogP contribution is -2.41. The lowest BCUT2D eigenvalue weighted by Gasteiger charge is -2.32. The molecule has 142 valence electrons. The maximum Gasteiger partial charge on any atom is 0.261 e. The molecule has 26 heavy (non-hydrogen) atoms. The number of benzene rings is 1. The van der Waals surface area contributed by atoms with Gasteiger partial charge in [-0.3, -0.25) is 14.2 Å². The number of piperidine rings is 1. The molecule has 1 aliphatic heterocycles. The third kappa shape index (κ3) is 4.43. The highest BCUT2D eigenvalue weighted by molar-refractivity contribution is 5.85. The van der Waals surface area contributed by atoms with Crippen molar-refractivity contribution >= 4 is 29.2 Å². The van der Waals surface area contributed by atoms with Gasteiger partial charge in [0.1, 0.15) is 0 Å². The van der Waals surface area contributed by atoms with Crippen molar-refractivity contribution in [3.63, 3.8) is 0 Å². The van der Waals surface area contributed by atoms with Gasteiger partial charge in [0.05, 0.1) is 17.2 Å². The van der Waals surface area contributed by atoms with E-state index in [0.717, 1.165) is 43.6 Å². The van der Waals surface area contributed by atoms with E-state index in [1.54, 1.807) is 17.0 Å². The molecule has 1 aromatic carbocycles. The van der Waals surface area contributed by atoms with E-state index in [1.807, 2.05) is 31.0 Å². The average molecular weight is 379 g/mol. The predicted octanol–water partition coefficient (Wildman–Crippen LogP) is 1.97. The molecule has 6 nitrogen and oxygen atoms in total. The van der Waals surface area contributed by atoms with Gasteiger partial charge in [-0.2, -0.15) is 0 Å².